The molecule has 0 unspecified atom stereocenters. The first-order valence-electron chi connectivity index (χ1n) is 8.25. The molecule has 26 heavy (non-hydrogen) atoms. The van der Waals surface area contributed by atoms with Gasteiger partial charge < -0.3 is 9.64 Å². The summed E-state index contributed by atoms with van der Waals surface area (Å²) < 4.78 is 32.7. The molecule has 0 atom stereocenters. The maximum absolute atomic E-state index is 13.0. The van der Waals surface area contributed by atoms with E-state index >= 15 is 0 Å². The number of aromatic nitrogens is 2. The first-order chi connectivity index (χ1) is 12.3. The molecular weight excluding hydrogens is 396 g/mol. The molecule has 0 amide bonds. The lowest BCUT2D eigenvalue weighted by Crippen LogP contribution is -2.48. The quantitative estimate of drug-likeness (QED) is 0.746. The zero-order chi connectivity index (χ0) is 18.9. The molecule has 7 nitrogen and oxygen atoms in total. The Kier molecular flexibility index (Phi) is 5.71. The maximum atomic E-state index is 13.0. The molecule has 142 valence electrons. The Balaban J connectivity index is 1.75. The second-order valence-corrected chi connectivity index (χ2v) is 9.59. The van der Waals surface area contributed by atoms with Gasteiger partial charge in [0.25, 0.3) is 0 Å². The van der Waals surface area contributed by atoms with Gasteiger partial charge in [0.05, 0.1) is 7.11 Å². The van der Waals surface area contributed by atoms with Gasteiger partial charge in [-0.2, -0.15) is 4.31 Å². The molecule has 10 heteroatoms. The molecule has 1 aliphatic rings. The predicted octanol–water partition coefficient (Wildman–Crippen LogP) is 2.83. The fraction of sp³-hybridized carbons (Fsp3) is 0.500. The minimum Gasteiger partial charge on any atom is -0.495 e. The van der Waals surface area contributed by atoms with Gasteiger partial charge in [-0.1, -0.05) is 36.8 Å². The van der Waals surface area contributed by atoms with Crippen molar-refractivity contribution in [2.24, 2.45) is 0 Å². The number of hydrogen-bond donors (Lipinski definition) is 0. The predicted molar refractivity (Wildman–Crippen MR) is 103 cm³/mol. The van der Waals surface area contributed by atoms with Crippen molar-refractivity contribution in [3.63, 3.8) is 0 Å². The molecule has 1 aromatic heterocycles. The van der Waals surface area contributed by atoms with Crippen LogP contribution in [0, 0.1) is 0 Å². The van der Waals surface area contributed by atoms with Gasteiger partial charge in [-0.05, 0) is 18.2 Å². The van der Waals surface area contributed by atoms with Crippen molar-refractivity contribution in [2.75, 3.05) is 38.2 Å². The molecule has 3 rings (SSSR count). The van der Waals surface area contributed by atoms with Crippen molar-refractivity contribution in [1.82, 2.24) is 14.5 Å². The number of methoxy groups -OCH3 is 1. The summed E-state index contributed by atoms with van der Waals surface area (Å²) in [4.78, 5) is 2.17. The van der Waals surface area contributed by atoms with E-state index < -0.39 is 10.0 Å². The Bertz CT molecular complexity index is 877. The fourth-order valence-corrected chi connectivity index (χ4v) is 5.44. The lowest BCUT2D eigenvalue weighted by atomic mass is 10.2. The van der Waals surface area contributed by atoms with E-state index in [0.29, 0.717) is 42.9 Å². The van der Waals surface area contributed by atoms with Crippen molar-refractivity contribution in [1.29, 1.82) is 0 Å². The van der Waals surface area contributed by atoms with Crippen molar-refractivity contribution in [3.8, 4) is 5.75 Å². The number of anilines is 1. The standard InChI is InChI=1S/C16H21ClN4O3S2/c1-11(2)15-18-19-16(25-15)20-6-8-21(9-7-20)26(22,23)14-10-12(17)4-5-13(14)24-3/h4-5,10-11H,6-9H2,1-3H3. The van der Waals surface area contributed by atoms with Crippen LogP contribution in [0.15, 0.2) is 23.1 Å². The summed E-state index contributed by atoms with van der Waals surface area (Å²) >= 11 is 7.55. The van der Waals surface area contributed by atoms with Crippen LogP contribution in [0.4, 0.5) is 5.13 Å². The minimum absolute atomic E-state index is 0.0963. The van der Waals surface area contributed by atoms with Gasteiger partial charge in [-0.25, -0.2) is 8.42 Å². The second-order valence-electron chi connectivity index (χ2n) is 6.26. The Morgan fingerprint density at radius 2 is 1.88 bits per heavy atom. The van der Waals surface area contributed by atoms with Crippen LogP contribution in [0.3, 0.4) is 0 Å². The fourth-order valence-electron chi connectivity index (χ4n) is 2.70. The first kappa shape index (κ1) is 19.3. The average molecular weight is 417 g/mol. The number of nitrogens with zero attached hydrogens (tertiary/aromatic N) is 4. The number of sulfonamides is 1. The van der Waals surface area contributed by atoms with E-state index in [0.717, 1.165) is 10.1 Å². The van der Waals surface area contributed by atoms with Gasteiger partial charge in [0, 0.05) is 37.1 Å². The van der Waals surface area contributed by atoms with Gasteiger partial charge >= 0.3 is 0 Å². The number of piperazine rings is 1. The summed E-state index contributed by atoms with van der Waals surface area (Å²) in [6.07, 6.45) is 0. The maximum Gasteiger partial charge on any atom is 0.246 e. The lowest BCUT2D eigenvalue weighted by Gasteiger charge is -2.33. The van der Waals surface area contributed by atoms with Crippen LogP contribution in [-0.2, 0) is 10.0 Å². The van der Waals surface area contributed by atoms with Gasteiger partial charge in [-0.3, -0.25) is 0 Å². The zero-order valence-electron chi connectivity index (χ0n) is 14.8. The van der Waals surface area contributed by atoms with Crippen molar-refractivity contribution < 1.29 is 13.2 Å². The molecule has 2 aromatic rings. The molecule has 0 radical (unpaired) electrons. The molecule has 1 fully saturated rings. The van der Waals surface area contributed by atoms with E-state index in [2.05, 4.69) is 28.9 Å². The molecule has 0 N–H and O–H groups in total. The molecule has 1 saturated heterocycles. The number of rotatable bonds is 5. The summed E-state index contributed by atoms with van der Waals surface area (Å²) in [6, 6.07) is 4.61. The molecule has 1 aliphatic heterocycles. The molecule has 0 bridgehead atoms. The van der Waals surface area contributed by atoms with Gasteiger partial charge in [0.1, 0.15) is 15.7 Å². The Hall–Kier alpha value is -1.42. The highest BCUT2D eigenvalue weighted by Gasteiger charge is 2.32. The summed E-state index contributed by atoms with van der Waals surface area (Å²) in [5, 5.41) is 10.6. The number of halogens is 1. The van der Waals surface area contributed by atoms with E-state index in [4.69, 9.17) is 16.3 Å². The van der Waals surface area contributed by atoms with Crippen LogP contribution in [-0.4, -0.2) is 56.2 Å². The molecule has 2 heterocycles. The van der Waals surface area contributed by atoms with Crippen molar-refractivity contribution >= 4 is 38.1 Å². The third kappa shape index (κ3) is 3.80. The summed E-state index contributed by atoms with van der Waals surface area (Å²) in [5.74, 6) is 0.626. The van der Waals surface area contributed by atoms with E-state index in [-0.39, 0.29) is 4.90 Å². The first-order valence-corrected chi connectivity index (χ1v) is 10.9. The topological polar surface area (TPSA) is 75.6 Å². The van der Waals surface area contributed by atoms with E-state index in [1.807, 2.05) is 0 Å². The monoisotopic (exact) mass is 416 g/mol. The minimum atomic E-state index is -3.68. The molecule has 0 spiro atoms. The van der Waals surface area contributed by atoms with Gasteiger partial charge in [0.2, 0.25) is 15.2 Å². The van der Waals surface area contributed by atoms with E-state index in [9.17, 15) is 8.42 Å². The van der Waals surface area contributed by atoms with Crippen LogP contribution < -0.4 is 9.64 Å². The van der Waals surface area contributed by atoms with E-state index in [1.165, 1.54) is 17.5 Å². The molecule has 1 aromatic carbocycles. The Morgan fingerprint density at radius 3 is 2.46 bits per heavy atom. The largest absolute Gasteiger partial charge is 0.495 e. The number of ether oxygens (including phenoxy) is 1. The third-order valence-electron chi connectivity index (χ3n) is 4.18. The van der Waals surface area contributed by atoms with Crippen molar-refractivity contribution in [3.05, 3.63) is 28.2 Å². The van der Waals surface area contributed by atoms with Crippen LogP contribution in [0.5, 0.6) is 5.75 Å². The van der Waals surface area contributed by atoms with Gasteiger partial charge in [-0.15, -0.1) is 10.2 Å². The Labute approximate surface area is 162 Å². The zero-order valence-corrected chi connectivity index (χ0v) is 17.2. The van der Waals surface area contributed by atoms with Crippen molar-refractivity contribution in [2.45, 2.75) is 24.7 Å². The second kappa shape index (κ2) is 7.67. The number of hydrogen-bond acceptors (Lipinski definition) is 7. The van der Waals surface area contributed by atoms with Crippen LogP contribution in [0.1, 0.15) is 24.8 Å². The Morgan fingerprint density at radius 1 is 1.19 bits per heavy atom. The van der Waals surface area contributed by atoms with Crippen LogP contribution in [0.2, 0.25) is 5.02 Å². The van der Waals surface area contributed by atoms with Crippen LogP contribution in [0.25, 0.3) is 0 Å². The third-order valence-corrected chi connectivity index (χ3v) is 7.62. The summed E-state index contributed by atoms with van der Waals surface area (Å²) in [5.41, 5.74) is 0. The highest BCUT2D eigenvalue weighted by Crippen LogP contribution is 2.31. The average Bonchev–Trinajstić information content (AvgIpc) is 3.12. The molecule has 0 saturated carbocycles. The summed E-state index contributed by atoms with van der Waals surface area (Å²) in [6.45, 7) is 6.02. The highest BCUT2D eigenvalue weighted by atomic mass is 35.5. The number of benzene rings is 1. The normalized spacial score (nSPS) is 16.3. The van der Waals surface area contributed by atoms with E-state index in [1.54, 1.807) is 23.5 Å². The smallest absolute Gasteiger partial charge is 0.246 e. The molecule has 0 aliphatic carbocycles. The lowest BCUT2D eigenvalue weighted by molar-refractivity contribution is 0.374. The highest BCUT2D eigenvalue weighted by molar-refractivity contribution is 7.89. The van der Waals surface area contributed by atoms with Gasteiger partial charge in [0.15, 0.2) is 0 Å². The summed E-state index contributed by atoms with van der Waals surface area (Å²) in [7, 11) is -2.23. The SMILES string of the molecule is COc1ccc(Cl)cc1S(=O)(=O)N1CCN(c2nnc(C(C)C)s2)CC1. The molecular formula is C16H21ClN4O3S2. The van der Waals surface area contributed by atoms with Crippen LogP contribution >= 0.6 is 22.9 Å².